The number of hydrogen-bond donors (Lipinski definition) is 1. The lowest BCUT2D eigenvalue weighted by atomic mass is 9.95. The Bertz CT molecular complexity index is 928. The van der Waals surface area contributed by atoms with Crippen LogP contribution in [0.15, 0.2) is 58.4 Å². The largest absolute Gasteiger partial charge is 0.503 e. The smallest absolute Gasteiger partial charge is 0.308 e. The molecule has 0 spiro atoms. The van der Waals surface area contributed by atoms with Crippen molar-refractivity contribution < 1.29 is 33.4 Å². The fourth-order valence-electron chi connectivity index (χ4n) is 3.27. The second-order valence-corrected chi connectivity index (χ2v) is 6.48. The van der Waals surface area contributed by atoms with Gasteiger partial charge in [0.2, 0.25) is 5.78 Å². The molecule has 29 heavy (non-hydrogen) atoms. The number of aliphatic hydroxyl groups excluding tert-OH is 1. The molecule has 1 atom stereocenters. The number of hydrogen-bond acceptors (Lipinski definition) is 7. The predicted octanol–water partition coefficient (Wildman–Crippen LogP) is 2.82. The first-order valence-corrected chi connectivity index (χ1v) is 9.03. The molecule has 2 heterocycles. The van der Waals surface area contributed by atoms with E-state index in [-0.39, 0.29) is 17.9 Å². The number of nitrogens with zero attached hydrogens (tertiary/aromatic N) is 1. The van der Waals surface area contributed by atoms with Crippen LogP contribution in [0.2, 0.25) is 0 Å². The molecule has 0 saturated carbocycles. The molecule has 8 nitrogen and oxygen atoms in total. The van der Waals surface area contributed by atoms with E-state index in [9.17, 15) is 19.5 Å². The van der Waals surface area contributed by atoms with E-state index in [1.165, 1.54) is 24.2 Å². The van der Waals surface area contributed by atoms with Crippen LogP contribution in [0.25, 0.3) is 0 Å². The summed E-state index contributed by atoms with van der Waals surface area (Å²) >= 11 is 0. The highest BCUT2D eigenvalue weighted by Crippen LogP contribution is 2.39. The lowest BCUT2D eigenvalue weighted by Crippen LogP contribution is -2.32. The van der Waals surface area contributed by atoms with E-state index in [0.29, 0.717) is 24.3 Å². The van der Waals surface area contributed by atoms with Crippen molar-refractivity contribution in [3.05, 3.63) is 65.3 Å². The minimum atomic E-state index is -0.802. The molecule has 1 amide bonds. The highest BCUT2D eigenvalue weighted by atomic mass is 16.5. The van der Waals surface area contributed by atoms with E-state index in [0.717, 1.165) is 0 Å². The number of benzene rings is 1. The van der Waals surface area contributed by atoms with Crippen molar-refractivity contribution in [3.8, 4) is 5.75 Å². The number of aliphatic hydroxyl groups is 1. The van der Waals surface area contributed by atoms with Crippen molar-refractivity contribution in [3.63, 3.8) is 0 Å². The maximum Gasteiger partial charge on any atom is 0.308 e. The van der Waals surface area contributed by atoms with E-state index in [4.69, 9.17) is 13.9 Å². The van der Waals surface area contributed by atoms with Gasteiger partial charge in [-0.15, -0.1) is 0 Å². The fourth-order valence-corrected chi connectivity index (χ4v) is 3.27. The number of Topliss-reactive ketones (excluding diaryl/α,β-unsaturated/α-hetero) is 1. The van der Waals surface area contributed by atoms with Crippen LogP contribution in [0.4, 0.5) is 0 Å². The molecule has 8 heteroatoms. The molecule has 1 aromatic heterocycles. The van der Waals surface area contributed by atoms with Gasteiger partial charge in [0, 0.05) is 27.2 Å². The Hall–Kier alpha value is -3.39. The van der Waals surface area contributed by atoms with Gasteiger partial charge in [-0.1, -0.05) is 12.1 Å². The van der Waals surface area contributed by atoms with E-state index >= 15 is 0 Å². The average Bonchev–Trinajstić information content (AvgIpc) is 3.31. The zero-order chi connectivity index (χ0) is 21.0. The molecule has 1 N–H and O–H groups in total. The molecular weight excluding hydrogens is 378 g/mol. The van der Waals surface area contributed by atoms with Gasteiger partial charge in [0.1, 0.15) is 5.75 Å². The Kier molecular flexibility index (Phi) is 6.13. The second kappa shape index (κ2) is 8.74. The molecule has 0 fully saturated rings. The molecule has 2 aromatic rings. The van der Waals surface area contributed by atoms with Gasteiger partial charge >= 0.3 is 5.97 Å². The molecule has 1 unspecified atom stereocenters. The summed E-state index contributed by atoms with van der Waals surface area (Å²) in [5.41, 5.74) is 0.535. The third kappa shape index (κ3) is 4.22. The van der Waals surface area contributed by atoms with Crippen LogP contribution in [0, 0.1) is 0 Å². The van der Waals surface area contributed by atoms with Crippen LogP contribution in [-0.2, 0) is 14.3 Å². The third-order valence-corrected chi connectivity index (χ3v) is 4.50. The number of amides is 1. The number of esters is 1. The van der Waals surface area contributed by atoms with E-state index < -0.39 is 29.5 Å². The van der Waals surface area contributed by atoms with Gasteiger partial charge in [0.15, 0.2) is 11.5 Å². The lowest BCUT2D eigenvalue weighted by Gasteiger charge is -2.26. The van der Waals surface area contributed by atoms with Gasteiger partial charge < -0.3 is 23.9 Å². The number of ketones is 1. The summed E-state index contributed by atoms with van der Waals surface area (Å²) in [6, 6.07) is 8.66. The summed E-state index contributed by atoms with van der Waals surface area (Å²) in [6.07, 6.45) is 1.88. The van der Waals surface area contributed by atoms with Gasteiger partial charge in [-0.25, -0.2) is 0 Å². The molecule has 0 radical (unpaired) electrons. The summed E-state index contributed by atoms with van der Waals surface area (Å²) in [6.45, 7) is 1.99. The zero-order valence-corrected chi connectivity index (χ0v) is 16.1. The first kappa shape index (κ1) is 20.3. The van der Waals surface area contributed by atoms with Crippen molar-refractivity contribution in [2.75, 3.05) is 20.3 Å². The number of ether oxygens (including phenoxy) is 2. The molecule has 0 aliphatic carbocycles. The number of furan rings is 1. The van der Waals surface area contributed by atoms with Crippen LogP contribution < -0.4 is 4.74 Å². The summed E-state index contributed by atoms with van der Waals surface area (Å²) in [5, 5.41) is 10.5. The number of rotatable bonds is 8. The van der Waals surface area contributed by atoms with Crippen molar-refractivity contribution in [1.29, 1.82) is 0 Å². The molecule has 0 saturated heterocycles. The summed E-state index contributed by atoms with van der Waals surface area (Å²) in [5.74, 6) is -1.89. The molecule has 3 rings (SSSR count). The van der Waals surface area contributed by atoms with Gasteiger partial charge in [0.25, 0.3) is 5.91 Å². The summed E-state index contributed by atoms with van der Waals surface area (Å²) in [7, 11) is 1.55. The van der Waals surface area contributed by atoms with Crippen LogP contribution in [-0.4, -0.2) is 47.9 Å². The quantitative estimate of drug-likeness (QED) is 0.315. The Morgan fingerprint density at radius 2 is 1.93 bits per heavy atom. The number of carbonyl (C=O) groups is 3. The van der Waals surface area contributed by atoms with E-state index in [1.54, 1.807) is 37.4 Å². The SMILES string of the molecule is COCCCN1C(=O)C(O)=C(C(=O)c2ccco2)C1c1ccc(OC(C)=O)cc1. The van der Waals surface area contributed by atoms with Crippen molar-refractivity contribution in [2.24, 2.45) is 0 Å². The standard InChI is InChI=1S/C21H21NO7/c1-13(23)29-15-8-6-14(7-9-15)18-17(19(24)16-5-3-12-28-16)20(25)21(26)22(18)10-4-11-27-2/h3,5-9,12,18,25H,4,10-11H2,1-2H3. The predicted molar refractivity (Wildman–Crippen MR) is 101 cm³/mol. The number of methoxy groups -OCH3 is 1. The fraction of sp³-hybridized carbons (Fsp3) is 0.286. The summed E-state index contributed by atoms with van der Waals surface area (Å²) < 4.78 is 15.3. The topological polar surface area (TPSA) is 106 Å². The van der Waals surface area contributed by atoms with Crippen LogP contribution in [0.3, 0.4) is 0 Å². The van der Waals surface area contributed by atoms with Crippen molar-refractivity contribution in [2.45, 2.75) is 19.4 Å². The highest BCUT2D eigenvalue weighted by molar-refractivity contribution is 6.15. The van der Waals surface area contributed by atoms with Crippen molar-refractivity contribution >= 4 is 17.7 Å². The van der Waals surface area contributed by atoms with Gasteiger partial charge in [-0.05, 0) is 36.2 Å². The maximum absolute atomic E-state index is 13.0. The van der Waals surface area contributed by atoms with Gasteiger partial charge in [-0.2, -0.15) is 0 Å². The molecule has 1 aliphatic rings. The van der Waals surface area contributed by atoms with Crippen LogP contribution >= 0.6 is 0 Å². The Morgan fingerprint density at radius 3 is 2.52 bits per heavy atom. The molecule has 1 aromatic carbocycles. The summed E-state index contributed by atoms with van der Waals surface area (Å²) in [4.78, 5) is 38.2. The molecular formula is C21H21NO7. The van der Waals surface area contributed by atoms with Crippen LogP contribution in [0.5, 0.6) is 5.75 Å². The normalized spacial score (nSPS) is 16.4. The molecule has 0 bridgehead atoms. The minimum Gasteiger partial charge on any atom is -0.503 e. The van der Waals surface area contributed by atoms with Crippen LogP contribution in [0.1, 0.15) is 35.5 Å². The van der Waals surface area contributed by atoms with E-state index in [1.807, 2.05) is 0 Å². The lowest BCUT2D eigenvalue weighted by molar-refractivity contribution is -0.132. The third-order valence-electron chi connectivity index (χ3n) is 4.50. The molecule has 1 aliphatic heterocycles. The maximum atomic E-state index is 13.0. The van der Waals surface area contributed by atoms with Gasteiger partial charge in [0.05, 0.1) is 17.9 Å². The molecule has 152 valence electrons. The Morgan fingerprint density at radius 1 is 1.21 bits per heavy atom. The van der Waals surface area contributed by atoms with Gasteiger partial charge in [-0.3, -0.25) is 14.4 Å². The Balaban J connectivity index is 1.99. The monoisotopic (exact) mass is 399 g/mol. The first-order valence-electron chi connectivity index (χ1n) is 9.03. The average molecular weight is 399 g/mol. The van der Waals surface area contributed by atoms with E-state index in [2.05, 4.69) is 0 Å². The first-order chi connectivity index (χ1) is 13.9. The zero-order valence-electron chi connectivity index (χ0n) is 16.1. The Labute approximate surface area is 167 Å². The van der Waals surface area contributed by atoms with Crippen molar-refractivity contribution in [1.82, 2.24) is 4.90 Å². The number of carbonyl (C=O) groups excluding carboxylic acids is 3. The highest BCUT2D eigenvalue weighted by Gasteiger charge is 2.44. The minimum absolute atomic E-state index is 0.0274. The second-order valence-electron chi connectivity index (χ2n) is 6.48.